The molecule has 0 aromatic heterocycles. The van der Waals surface area contributed by atoms with E-state index in [0.29, 0.717) is 11.1 Å². The first-order valence-electron chi connectivity index (χ1n) is 6.18. The van der Waals surface area contributed by atoms with E-state index in [0.717, 1.165) is 0 Å². The second-order valence-corrected chi connectivity index (χ2v) is 4.55. The molecular weight excluding hydrogens is 254 g/mol. The van der Waals surface area contributed by atoms with E-state index in [-0.39, 0.29) is 6.42 Å². The smallest absolute Gasteiger partial charge is 0.349 e. The van der Waals surface area contributed by atoms with Gasteiger partial charge in [-0.2, -0.15) is 0 Å². The van der Waals surface area contributed by atoms with Crippen molar-refractivity contribution >= 4 is 11.7 Å². The van der Waals surface area contributed by atoms with Crippen LogP contribution in [0.4, 0.5) is 0 Å². The molecule has 0 aliphatic rings. The molecule has 0 saturated heterocycles. The van der Waals surface area contributed by atoms with Crippen LogP contribution < -0.4 is 0 Å². The molecule has 4 nitrogen and oxygen atoms in total. The van der Waals surface area contributed by atoms with Gasteiger partial charge in [0.05, 0.1) is 0 Å². The summed E-state index contributed by atoms with van der Waals surface area (Å²) in [5.74, 6) is -1.32. The molecule has 0 aliphatic heterocycles. The minimum atomic E-state index is -1.52. The summed E-state index contributed by atoms with van der Waals surface area (Å²) in [5.41, 5.74) is -0.910. The van der Waals surface area contributed by atoms with Crippen molar-refractivity contribution in [3.63, 3.8) is 0 Å². The Hall–Kier alpha value is -2.46. The molecule has 0 amide bonds. The van der Waals surface area contributed by atoms with Crippen molar-refractivity contribution in [2.45, 2.75) is 12.0 Å². The van der Waals surface area contributed by atoms with Gasteiger partial charge in [0.15, 0.2) is 0 Å². The minimum absolute atomic E-state index is 0.281. The van der Waals surface area contributed by atoms with Gasteiger partial charge in [0.2, 0.25) is 0 Å². The minimum Gasteiger partial charge on any atom is -0.477 e. The molecule has 102 valence electrons. The molecule has 0 spiro atoms. The van der Waals surface area contributed by atoms with Gasteiger partial charge in [-0.15, -0.1) is 0 Å². The average molecular weight is 269 g/mol. The lowest BCUT2D eigenvalue weighted by atomic mass is 9.82. The Balaban J connectivity index is 2.49. The molecule has 0 aliphatic carbocycles. The highest BCUT2D eigenvalue weighted by atomic mass is 16.4. The van der Waals surface area contributed by atoms with Gasteiger partial charge in [-0.05, 0) is 11.1 Å². The summed E-state index contributed by atoms with van der Waals surface area (Å²) in [6.45, 7) is 0. The molecule has 0 radical (unpaired) electrons. The highest BCUT2D eigenvalue weighted by Gasteiger charge is 2.34. The zero-order valence-electron chi connectivity index (χ0n) is 10.8. The van der Waals surface area contributed by atoms with Crippen LogP contribution in [-0.2, 0) is 10.4 Å². The molecule has 0 saturated carbocycles. The lowest BCUT2D eigenvalue weighted by molar-refractivity contribution is -0.129. The average Bonchev–Trinajstić information content (AvgIpc) is 2.48. The van der Waals surface area contributed by atoms with Crippen LogP contribution in [0.3, 0.4) is 0 Å². The topological polar surface area (TPSA) is 81.4 Å². The first-order valence-corrected chi connectivity index (χ1v) is 6.18. The summed E-state index contributed by atoms with van der Waals surface area (Å²) in [4.78, 5) is 10.9. The molecule has 0 heterocycles. The van der Waals surface area contributed by atoms with Crippen LogP contribution in [0.2, 0.25) is 0 Å². The van der Waals surface area contributed by atoms with E-state index in [1.807, 2.05) is 12.1 Å². The van der Waals surface area contributed by atoms with Crippen LogP contribution in [0.25, 0.3) is 0 Å². The highest BCUT2D eigenvalue weighted by Crippen LogP contribution is 2.33. The van der Waals surface area contributed by atoms with Gasteiger partial charge in [0.1, 0.15) is 11.3 Å². The first-order chi connectivity index (χ1) is 9.54. The molecule has 0 unspecified atom stereocenters. The maximum atomic E-state index is 11.0. The molecule has 20 heavy (non-hydrogen) atoms. The lowest BCUT2D eigenvalue weighted by Crippen LogP contribution is -2.32. The van der Waals surface area contributed by atoms with Gasteiger partial charge < -0.3 is 10.2 Å². The number of aliphatic carboxylic acids is 1. The van der Waals surface area contributed by atoms with Gasteiger partial charge in [0.25, 0.3) is 0 Å². The summed E-state index contributed by atoms with van der Waals surface area (Å²) in [6, 6.07) is 17.6. The Morgan fingerprint density at radius 2 is 1.35 bits per heavy atom. The van der Waals surface area contributed by atoms with Crippen LogP contribution in [0.5, 0.6) is 0 Å². The number of hydrogen-bond donors (Lipinski definition) is 3. The number of benzene rings is 2. The van der Waals surface area contributed by atoms with Gasteiger partial charge in [-0.1, -0.05) is 60.7 Å². The van der Waals surface area contributed by atoms with E-state index in [2.05, 4.69) is 0 Å². The SMILES string of the molecule is N=C(CC(O)(c1ccccc1)c1ccccc1)C(=O)O. The zero-order valence-corrected chi connectivity index (χ0v) is 10.8. The quantitative estimate of drug-likeness (QED) is 0.729. The van der Waals surface area contributed by atoms with Crippen molar-refractivity contribution in [1.82, 2.24) is 0 Å². The van der Waals surface area contributed by atoms with E-state index in [9.17, 15) is 9.90 Å². The summed E-state index contributed by atoms with van der Waals surface area (Å²) >= 11 is 0. The van der Waals surface area contributed by atoms with E-state index >= 15 is 0 Å². The van der Waals surface area contributed by atoms with Crippen LogP contribution in [-0.4, -0.2) is 21.9 Å². The third kappa shape index (κ3) is 2.75. The molecule has 0 bridgehead atoms. The number of nitrogens with one attached hydrogen (secondary N) is 1. The Morgan fingerprint density at radius 1 is 0.950 bits per heavy atom. The van der Waals surface area contributed by atoms with Crippen molar-refractivity contribution in [3.8, 4) is 0 Å². The van der Waals surface area contributed by atoms with E-state index in [1.54, 1.807) is 48.5 Å². The van der Waals surface area contributed by atoms with Crippen molar-refractivity contribution in [3.05, 3.63) is 71.8 Å². The normalized spacial score (nSPS) is 11.1. The van der Waals surface area contributed by atoms with Gasteiger partial charge in [-0.25, -0.2) is 4.79 Å². The molecular formula is C16H15NO3. The van der Waals surface area contributed by atoms with Gasteiger partial charge in [0, 0.05) is 6.42 Å². The van der Waals surface area contributed by atoms with E-state index in [1.165, 1.54) is 0 Å². The monoisotopic (exact) mass is 269 g/mol. The lowest BCUT2D eigenvalue weighted by Gasteiger charge is -2.29. The third-order valence-electron chi connectivity index (χ3n) is 3.19. The largest absolute Gasteiger partial charge is 0.477 e. The maximum Gasteiger partial charge on any atom is 0.349 e. The van der Waals surface area contributed by atoms with Crippen LogP contribution in [0, 0.1) is 5.41 Å². The predicted octanol–water partition coefficient (Wildman–Crippen LogP) is 2.42. The second-order valence-electron chi connectivity index (χ2n) is 4.55. The highest BCUT2D eigenvalue weighted by molar-refractivity contribution is 6.34. The number of carboxylic acid groups (broad SMARTS) is 1. The van der Waals surface area contributed by atoms with Crippen LogP contribution in [0.1, 0.15) is 17.5 Å². The molecule has 0 fully saturated rings. The van der Waals surface area contributed by atoms with Crippen LogP contribution >= 0.6 is 0 Å². The molecule has 2 aromatic rings. The van der Waals surface area contributed by atoms with Gasteiger partial charge in [-0.3, -0.25) is 5.41 Å². The van der Waals surface area contributed by atoms with E-state index < -0.39 is 17.3 Å². The number of hydrogen-bond acceptors (Lipinski definition) is 3. The standard InChI is InChI=1S/C16H15NO3/c17-14(15(18)19)11-16(20,12-7-3-1-4-8-12)13-9-5-2-6-10-13/h1-10,17,20H,11H2,(H,18,19). The maximum absolute atomic E-state index is 11.0. The Labute approximate surface area is 116 Å². The van der Waals surface area contributed by atoms with E-state index in [4.69, 9.17) is 10.5 Å². The van der Waals surface area contributed by atoms with Crippen molar-refractivity contribution in [1.29, 1.82) is 5.41 Å². The Kier molecular flexibility index (Phi) is 3.96. The number of rotatable bonds is 5. The summed E-state index contributed by atoms with van der Waals surface area (Å²) < 4.78 is 0. The molecule has 2 aromatic carbocycles. The predicted molar refractivity (Wildman–Crippen MR) is 75.9 cm³/mol. The zero-order chi connectivity index (χ0) is 14.6. The fraction of sp³-hybridized carbons (Fsp3) is 0.125. The molecule has 3 N–H and O–H groups in total. The summed E-state index contributed by atoms with van der Waals surface area (Å²) in [5, 5.41) is 27.4. The van der Waals surface area contributed by atoms with Crippen molar-refractivity contribution in [2.75, 3.05) is 0 Å². The summed E-state index contributed by atoms with van der Waals surface area (Å²) in [6.07, 6.45) is -0.281. The molecule has 2 rings (SSSR count). The Morgan fingerprint density at radius 3 is 1.70 bits per heavy atom. The fourth-order valence-corrected chi connectivity index (χ4v) is 2.13. The van der Waals surface area contributed by atoms with Gasteiger partial charge >= 0.3 is 5.97 Å². The van der Waals surface area contributed by atoms with Crippen molar-refractivity contribution < 1.29 is 15.0 Å². The third-order valence-corrected chi connectivity index (χ3v) is 3.19. The first kappa shape index (κ1) is 14.0. The molecule has 0 atom stereocenters. The second kappa shape index (κ2) is 5.67. The molecule has 4 heteroatoms. The fourth-order valence-electron chi connectivity index (χ4n) is 2.13. The number of carboxylic acids is 1. The Bertz CT molecular complexity index is 569. The van der Waals surface area contributed by atoms with Crippen molar-refractivity contribution in [2.24, 2.45) is 0 Å². The number of aliphatic hydroxyl groups is 1. The summed E-state index contributed by atoms with van der Waals surface area (Å²) in [7, 11) is 0. The van der Waals surface area contributed by atoms with Crippen LogP contribution in [0.15, 0.2) is 60.7 Å². The number of carbonyl (C=O) groups is 1.